The van der Waals surface area contributed by atoms with E-state index in [9.17, 15) is 0 Å². The molecule has 0 radical (unpaired) electrons. The number of methoxy groups -OCH3 is 3. The van der Waals surface area contributed by atoms with E-state index in [0.717, 1.165) is 31.2 Å². The molecule has 0 saturated carbocycles. The second kappa shape index (κ2) is 6.78. The van der Waals surface area contributed by atoms with Crippen molar-refractivity contribution in [2.75, 3.05) is 41.0 Å². The maximum absolute atomic E-state index is 5.52. The molecular weight excluding hydrogens is 242 g/mol. The fourth-order valence-electron chi connectivity index (χ4n) is 2.75. The zero-order valence-corrected chi connectivity index (χ0v) is 12.0. The Kier molecular flexibility index (Phi) is 5.05. The van der Waals surface area contributed by atoms with E-state index in [1.54, 1.807) is 21.3 Å². The summed E-state index contributed by atoms with van der Waals surface area (Å²) in [6.07, 6.45) is 2.40. The minimum Gasteiger partial charge on any atom is -0.497 e. The van der Waals surface area contributed by atoms with Gasteiger partial charge < -0.3 is 14.2 Å². The fraction of sp³-hybridized carbons (Fsp3) is 0.600. The average molecular weight is 265 g/mol. The summed E-state index contributed by atoms with van der Waals surface area (Å²) in [5.74, 6) is 1.75. The van der Waals surface area contributed by atoms with Crippen molar-refractivity contribution in [1.82, 2.24) is 4.90 Å². The molecule has 0 amide bonds. The minimum absolute atomic E-state index is 0.427. The third-order valence-electron chi connectivity index (χ3n) is 3.75. The summed E-state index contributed by atoms with van der Waals surface area (Å²) in [7, 11) is 5.14. The average Bonchev–Trinajstić information content (AvgIpc) is 2.92. The van der Waals surface area contributed by atoms with Crippen molar-refractivity contribution >= 4 is 0 Å². The van der Waals surface area contributed by atoms with Crippen LogP contribution in [0.2, 0.25) is 0 Å². The van der Waals surface area contributed by atoms with Crippen LogP contribution in [0.5, 0.6) is 11.5 Å². The molecule has 4 heteroatoms. The van der Waals surface area contributed by atoms with Gasteiger partial charge in [-0.3, -0.25) is 4.90 Å². The Bertz CT molecular complexity index is 408. The number of ether oxygens (including phenoxy) is 3. The van der Waals surface area contributed by atoms with E-state index in [1.165, 1.54) is 18.4 Å². The van der Waals surface area contributed by atoms with Gasteiger partial charge in [0.2, 0.25) is 0 Å². The number of likely N-dealkylation sites (tertiary alicyclic amines) is 1. The van der Waals surface area contributed by atoms with Crippen molar-refractivity contribution in [3.05, 3.63) is 23.8 Å². The molecule has 0 aromatic heterocycles. The first-order chi connectivity index (χ1) is 9.30. The predicted molar refractivity (Wildman–Crippen MR) is 75.0 cm³/mol. The van der Waals surface area contributed by atoms with Crippen LogP contribution in [0.15, 0.2) is 18.2 Å². The molecule has 1 aromatic carbocycles. The molecule has 4 nitrogen and oxygen atoms in total. The highest BCUT2D eigenvalue weighted by Gasteiger charge is 2.28. The first kappa shape index (κ1) is 14.2. The monoisotopic (exact) mass is 265 g/mol. The maximum Gasteiger partial charge on any atom is 0.127 e. The van der Waals surface area contributed by atoms with Gasteiger partial charge in [-0.05, 0) is 25.5 Å². The van der Waals surface area contributed by atoms with Crippen LogP contribution in [0.1, 0.15) is 24.4 Å². The molecule has 0 spiro atoms. The molecule has 1 aliphatic rings. The molecule has 0 N–H and O–H groups in total. The van der Waals surface area contributed by atoms with Gasteiger partial charge in [0.05, 0.1) is 20.8 Å². The molecule has 0 unspecified atom stereocenters. The van der Waals surface area contributed by atoms with E-state index in [2.05, 4.69) is 11.0 Å². The second-order valence-electron chi connectivity index (χ2n) is 4.79. The Labute approximate surface area is 115 Å². The molecular formula is C15H23NO3. The summed E-state index contributed by atoms with van der Waals surface area (Å²) >= 11 is 0. The summed E-state index contributed by atoms with van der Waals surface area (Å²) < 4.78 is 16.0. The van der Waals surface area contributed by atoms with Crippen LogP contribution >= 0.6 is 0 Å². The van der Waals surface area contributed by atoms with Gasteiger partial charge in [-0.15, -0.1) is 0 Å². The minimum atomic E-state index is 0.427. The standard InChI is InChI=1S/C15H23NO3/c1-17-10-9-16-8-4-5-14(16)13-7-6-12(18-2)11-15(13)19-3/h6-7,11,14H,4-5,8-10H2,1-3H3/t14-/m1/s1. The first-order valence-corrected chi connectivity index (χ1v) is 6.75. The molecule has 2 rings (SSSR count). The highest BCUT2D eigenvalue weighted by Crippen LogP contribution is 2.38. The van der Waals surface area contributed by atoms with Gasteiger partial charge in [-0.1, -0.05) is 6.07 Å². The molecule has 1 heterocycles. The van der Waals surface area contributed by atoms with Crippen molar-refractivity contribution in [2.24, 2.45) is 0 Å². The van der Waals surface area contributed by atoms with Gasteiger partial charge >= 0.3 is 0 Å². The van der Waals surface area contributed by atoms with E-state index in [-0.39, 0.29) is 0 Å². The Morgan fingerprint density at radius 1 is 1.21 bits per heavy atom. The van der Waals surface area contributed by atoms with E-state index >= 15 is 0 Å². The van der Waals surface area contributed by atoms with E-state index in [4.69, 9.17) is 14.2 Å². The Hall–Kier alpha value is -1.26. The zero-order chi connectivity index (χ0) is 13.7. The van der Waals surface area contributed by atoms with Crippen LogP contribution < -0.4 is 9.47 Å². The van der Waals surface area contributed by atoms with Crippen LogP contribution in [0, 0.1) is 0 Å². The number of hydrogen-bond donors (Lipinski definition) is 0. The van der Waals surface area contributed by atoms with Crippen molar-refractivity contribution in [3.63, 3.8) is 0 Å². The summed E-state index contributed by atoms with van der Waals surface area (Å²) in [5.41, 5.74) is 1.25. The lowest BCUT2D eigenvalue weighted by atomic mass is 10.0. The summed E-state index contributed by atoms with van der Waals surface area (Å²) in [6, 6.07) is 6.51. The van der Waals surface area contributed by atoms with Gasteiger partial charge in [0, 0.05) is 31.3 Å². The molecule has 1 saturated heterocycles. The lowest BCUT2D eigenvalue weighted by molar-refractivity contribution is 0.140. The van der Waals surface area contributed by atoms with E-state index in [1.807, 2.05) is 12.1 Å². The van der Waals surface area contributed by atoms with Crippen molar-refractivity contribution in [1.29, 1.82) is 0 Å². The van der Waals surface area contributed by atoms with Gasteiger partial charge in [-0.2, -0.15) is 0 Å². The number of rotatable bonds is 6. The Morgan fingerprint density at radius 2 is 2.05 bits per heavy atom. The van der Waals surface area contributed by atoms with E-state index < -0.39 is 0 Å². The normalized spacial score (nSPS) is 19.6. The highest BCUT2D eigenvalue weighted by molar-refractivity contribution is 5.42. The van der Waals surface area contributed by atoms with E-state index in [0.29, 0.717) is 6.04 Å². The van der Waals surface area contributed by atoms with Gasteiger partial charge in [-0.25, -0.2) is 0 Å². The van der Waals surface area contributed by atoms with Crippen molar-refractivity contribution < 1.29 is 14.2 Å². The molecule has 1 aliphatic heterocycles. The second-order valence-corrected chi connectivity index (χ2v) is 4.79. The lowest BCUT2D eigenvalue weighted by Gasteiger charge is -2.26. The van der Waals surface area contributed by atoms with Crippen molar-refractivity contribution in [2.45, 2.75) is 18.9 Å². The summed E-state index contributed by atoms with van der Waals surface area (Å²) in [6.45, 7) is 2.87. The van der Waals surface area contributed by atoms with Crippen LogP contribution in [-0.4, -0.2) is 45.9 Å². The molecule has 0 bridgehead atoms. The summed E-state index contributed by atoms with van der Waals surface area (Å²) in [5, 5.41) is 0. The smallest absolute Gasteiger partial charge is 0.127 e. The lowest BCUT2D eigenvalue weighted by Crippen LogP contribution is -2.27. The zero-order valence-electron chi connectivity index (χ0n) is 12.0. The highest BCUT2D eigenvalue weighted by atomic mass is 16.5. The quantitative estimate of drug-likeness (QED) is 0.790. The molecule has 1 fully saturated rings. The van der Waals surface area contributed by atoms with Gasteiger partial charge in [0.15, 0.2) is 0 Å². The largest absolute Gasteiger partial charge is 0.497 e. The predicted octanol–water partition coefficient (Wildman–Crippen LogP) is 2.49. The number of benzene rings is 1. The number of hydrogen-bond acceptors (Lipinski definition) is 4. The molecule has 0 aliphatic carbocycles. The van der Waals surface area contributed by atoms with Crippen molar-refractivity contribution in [3.8, 4) is 11.5 Å². The van der Waals surface area contributed by atoms with Crippen LogP contribution in [0.25, 0.3) is 0 Å². The molecule has 19 heavy (non-hydrogen) atoms. The SMILES string of the molecule is COCCN1CCC[C@@H]1c1ccc(OC)cc1OC. The van der Waals surface area contributed by atoms with Crippen LogP contribution in [0.3, 0.4) is 0 Å². The van der Waals surface area contributed by atoms with Gasteiger partial charge in [0.1, 0.15) is 11.5 Å². The van der Waals surface area contributed by atoms with Gasteiger partial charge in [0.25, 0.3) is 0 Å². The summed E-state index contributed by atoms with van der Waals surface area (Å²) in [4.78, 5) is 2.47. The fourth-order valence-corrected chi connectivity index (χ4v) is 2.75. The topological polar surface area (TPSA) is 30.9 Å². The van der Waals surface area contributed by atoms with Crippen LogP contribution in [0.4, 0.5) is 0 Å². The first-order valence-electron chi connectivity index (χ1n) is 6.75. The Balaban J connectivity index is 2.19. The molecule has 1 atom stereocenters. The Morgan fingerprint density at radius 3 is 2.74 bits per heavy atom. The number of nitrogens with zero attached hydrogens (tertiary/aromatic N) is 1. The third kappa shape index (κ3) is 3.19. The third-order valence-corrected chi connectivity index (χ3v) is 3.75. The van der Waals surface area contributed by atoms with Crippen LogP contribution in [-0.2, 0) is 4.74 Å². The molecule has 106 valence electrons. The molecule has 1 aromatic rings. The maximum atomic E-state index is 5.52.